The first-order valence-electron chi connectivity index (χ1n) is 5.63. The van der Waals surface area contributed by atoms with Crippen LogP contribution in [0.3, 0.4) is 0 Å². The van der Waals surface area contributed by atoms with Crippen LogP contribution in [0.4, 0.5) is 10.1 Å². The number of ether oxygens (including phenoxy) is 1. The molecule has 0 aliphatic carbocycles. The van der Waals surface area contributed by atoms with Crippen molar-refractivity contribution in [1.29, 1.82) is 0 Å². The molecule has 0 fully saturated rings. The van der Waals surface area contributed by atoms with Gasteiger partial charge in [-0.1, -0.05) is 15.9 Å². The van der Waals surface area contributed by atoms with Crippen LogP contribution in [0.15, 0.2) is 45.3 Å². The molecule has 0 unspecified atom stereocenters. The van der Waals surface area contributed by atoms with Crippen molar-refractivity contribution in [2.45, 2.75) is 6.61 Å². The molecule has 0 atom stereocenters. The van der Waals surface area contributed by atoms with Gasteiger partial charge < -0.3 is 10.5 Å². The molecular formula is C14H10Br2FNO2. The number of esters is 1. The first-order valence-corrected chi connectivity index (χ1v) is 7.22. The number of benzene rings is 2. The highest BCUT2D eigenvalue weighted by atomic mass is 79.9. The molecular weight excluding hydrogens is 393 g/mol. The van der Waals surface area contributed by atoms with Crippen LogP contribution in [-0.2, 0) is 11.3 Å². The van der Waals surface area contributed by atoms with E-state index in [-0.39, 0.29) is 6.61 Å². The molecule has 0 amide bonds. The van der Waals surface area contributed by atoms with Crippen LogP contribution in [0.2, 0.25) is 0 Å². The van der Waals surface area contributed by atoms with E-state index in [1.165, 1.54) is 12.1 Å². The SMILES string of the molecule is Nc1cc(C(=O)OCc2cc(Br)ccc2F)ccc1Br. The summed E-state index contributed by atoms with van der Waals surface area (Å²) in [5, 5.41) is 0. The minimum atomic E-state index is -0.552. The molecule has 0 aliphatic rings. The summed E-state index contributed by atoms with van der Waals surface area (Å²) in [5.74, 6) is -0.972. The van der Waals surface area contributed by atoms with E-state index in [4.69, 9.17) is 10.5 Å². The van der Waals surface area contributed by atoms with Gasteiger partial charge in [0.2, 0.25) is 0 Å². The van der Waals surface area contributed by atoms with Gasteiger partial charge in [0, 0.05) is 20.2 Å². The summed E-state index contributed by atoms with van der Waals surface area (Å²) in [6, 6.07) is 9.20. The fourth-order valence-corrected chi connectivity index (χ4v) is 2.21. The topological polar surface area (TPSA) is 52.3 Å². The number of rotatable bonds is 3. The zero-order valence-electron chi connectivity index (χ0n) is 10.2. The fourth-order valence-electron chi connectivity index (χ4n) is 1.55. The average Bonchev–Trinajstić information content (AvgIpc) is 2.42. The highest BCUT2D eigenvalue weighted by Gasteiger charge is 2.11. The Hall–Kier alpha value is -1.40. The van der Waals surface area contributed by atoms with Crippen molar-refractivity contribution in [3.63, 3.8) is 0 Å². The molecule has 2 aromatic carbocycles. The normalized spacial score (nSPS) is 10.3. The van der Waals surface area contributed by atoms with E-state index >= 15 is 0 Å². The molecule has 0 bridgehead atoms. The number of halogens is 3. The lowest BCUT2D eigenvalue weighted by atomic mass is 10.2. The quantitative estimate of drug-likeness (QED) is 0.615. The van der Waals surface area contributed by atoms with Crippen LogP contribution in [0, 0.1) is 5.82 Å². The van der Waals surface area contributed by atoms with Crippen LogP contribution in [0.25, 0.3) is 0 Å². The zero-order chi connectivity index (χ0) is 14.7. The number of hydrogen-bond acceptors (Lipinski definition) is 3. The fraction of sp³-hybridized carbons (Fsp3) is 0.0714. The van der Waals surface area contributed by atoms with Gasteiger partial charge in [0.05, 0.1) is 5.56 Å². The first kappa shape index (κ1) is 15.0. The molecule has 0 radical (unpaired) electrons. The standard InChI is InChI=1S/C14H10Br2FNO2/c15-10-2-4-12(17)9(5-10)7-20-14(19)8-1-3-11(16)13(18)6-8/h1-6H,7,18H2. The maximum atomic E-state index is 13.5. The van der Waals surface area contributed by atoms with Gasteiger partial charge in [0.15, 0.2) is 0 Å². The number of hydrogen-bond donors (Lipinski definition) is 1. The van der Waals surface area contributed by atoms with Crippen molar-refractivity contribution in [2.24, 2.45) is 0 Å². The van der Waals surface area contributed by atoms with Crippen molar-refractivity contribution in [3.8, 4) is 0 Å². The molecule has 0 spiro atoms. The van der Waals surface area contributed by atoms with E-state index in [2.05, 4.69) is 31.9 Å². The van der Waals surface area contributed by atoms with Crippen LogP contribution >= 0.6 is 31.9 Å². The molecule has 0 heterocycles. The summed E-state index contributed by atoms with van der Waals surface area (Å²) in [5.41, 5.74) is 6.75. The van der Waals surface area contributed by atoms with Crippen molar-refractivity contribution in [1.82, 2.24) is 0 Å². The van der Waals surface area contributed by atoms with Gasteiger partial charge in [0.25, 0.3) is 0 Å². The van der Waals surface area contributed by atoms with E-state index in [9.17, 15) is 9.18 Å². The summed E-state index contributed by atoms with van der Waals surface area (Å²) in [6.45, 7) is -0.139. The van der Waals surface area contributed by atoms with Crippen LogP contribution < -0.4 is 5.73 Å². The monoisotopic (exact) mass is 401 g/mol. The Balaban J connectivity index is 2.08. The molecule has 3 nitrogen and oxygen atoms in total. The lowest BCUT2D eigenvalue weighted by molar-refractivity contribution is 0.0469. The van der Waals surface area contributed by atoms with E-state index in [1.807, 2.05) is 0 Å². The molecule has 2 rings (SSSR count). The summed E-state index contributed by atoms with van der Waals surface area (Å²) < 4.78 is 20.0. The summed E-state index contributed by atoms with van der Waals surface area (Å²) in [6.07, 6.45) is 0. The maximum Gasteiger partial charge on any atom is 0.338 e. The van der Waals surface area contributed by atoms with Gasteiger partial charge >= 0.3 is 5.97 Å². The largest absolute Gasteiger partial charge is 0.457 e. The Morgan fingerprint density at radius 2 is 1.95 bits per heavy atom. The third-order valence-corrected chi connectivity index (χ3v) is 3.81. The lowest BCUT2D eigenvalue weighted by Gasteiger charge is -2.07. The van der Waals surface area contributed by atoms with Gasteiger partial charge in [-0.2, -0.15) is 0 Å². The number of nitrogen functional groups attached to an aromatic ring is 1. The molecule has 2 aromatic rings. The molecule has 6 heteroatoms. The minimum Gasteiger partial charge on any atom is -0.457 e. The van der Waals surface area contributed by atoms with E-state index in [0.717, 1.165) is 4.47 Å². The Kier molecular flexibility index (Phi) is 4.77. The van der Waals surface area contributed by atoms with Crippen LogP contribution in [-0.4, -0.2) is 5.97 Å². The minimum absolute atomic E-state index is 0.139. The second-order valence-electron chi connectivity index (χ2n) is 4.05. The van der Waals surface area contributed by atoms with Gasteiger partial charge in [-0.15, -0.1) is 0 Å². The molecule has 2 N–H and O–H groups in total. The number of nitrogens with two attached hydrogens (primary N) is 1. The third kappa shape index (κ3) is 3.58. The molecule has 0 saturated heterocycles. The Morgan fingerprint density at radius 3 is 2.65 bits per heavy atom. The Morgan fingerprint density at radius 1 is 1.20 bits per heavy atom. The number of carbonyl (C=O) groups is 1. The van der Waals surface area contributed by atoms with E-state index in [0.29, 0.717) is 21.3 Å². The Bertz CT molecular complexity index is 662. The second-order valence-corrected chi connectivity index (χ2v) is 5.82. The predicted octanol–water partition coefficient (Wildman–Crippen LogP) is 4.29. The van der Waals surface area contributed by atoms with E-state index in [1.54, 1.807) is 24.3 Å². The molecule has 0 aliphatic heterocycles. The maximum absolute atomic E-state index is 13.5. The van der Waals surface area contributed by atoms with Crippen LogP contribution in [0.5, 0.6) is 0 Å². The highest BCUT2D eigenvalue weighted by Crippen LogP contribution is 2.21. The molecule has 0 saturated carbocycles. The highest BCUT2D eigenvalue weighted by molar-refractivity contribution is 9.10. The van der Waals surface area contributed by atoms with Crippen molar-refractivity contribution >= 4 is 43.5 Å². The van der Waals surface area contributed by atoms with E-state index < -0.39 is 11.8 Å². The average molecular weight is 403 g/mol. The number of carbonyl (C=O) groups excluding carboxylic acids is 1. The molecule has 0 aromatic heterocycles. The molecule has 104 valence electrons. The third-order valence-electron chi connectivity index (χ3n) is 2.60. The summed E-state index contributed by atoms with van der Waals surface area (Å²) in [7, 11) is 0. The van der Waals surface area contributed by atoms with Crippen molar-refractivity contribution < 1.29 is 13.9 Å². The van der Waals surface area contributed by atoms with Crippen molar-refractivity contribution in [2.75, 3.05) is 5.73 Å². The van der Waals surface area contributed by atoms with Crippen molar-refractivity contribution in [3.05, 3.63) is 62.3 Å². The Labute approximate surface area is 132 Å². The zero-order valence-corrected chi connectivity index (χ0v) is 13.4. The number of anilines is 1. The molecule has 20 heavy (non-hydrogen) atoms. The van der Waals surface area contributed by atoms with Crippen LogP contribution in [0.1, 0.15) is 15.9 Å². The first-order chi connectivity index (χ1) is 9.47. The smallest absolute Gasteiger partial charge is 0.338 e. The van der Waals surface area contributed by atoms with Gasteiger partial charge in [-0.05, 0) is 52.3 Å². The van der Waals surface area contributed by atoms with Gasteiger partial charge in [-0.3, -0.25) is 0 Å². The summed E-state index contributed by atoms with van der Waals surface area (Å²) >= 11 is 6.48. The lowest BCUT2D eigenvalue weighted by Crippen LogP contribution is -2.07. The van der Waals surface area contributed by atoms with Gasteiger partial charge in [-0.25, -0.2) is 9.18 Å². The van der Waals surface area contributed by atoms with Gasteiger partial charge in [0.1, 0.15) is 12.4 Å². The summed E-state index contributed by atoms with van der Waals surface area (Å²) in [4.78, 5) is 11.9. The second kappa shape index (κ2) is 6.37. The predicted molar refractivity (Wildman–Crippen MR) is 81.8 cm³/mol.